The SMILES string of the molecule is CC(=O)SC1C[C@@H]2C(NC(=O)OCc3ccccc3)[C@@H]2C1. The van der Waals surface area contributed by atoms with E-state index in [4.69, 9.17) is 4.74 Å². The van der Waals surface area contributed by atoms with Crippen LogP contribution in [0.4, 0.5) is 4.79 Å². The lowest BCUT2D eigenvalue weighted by molar-refractivity contribution is -0.109. The van der Waals surface area contributed by atoms with Crippen molar-refractivity contribution in [3.63, 3.8) is 0 Å². The summed E-state index contributed by atoms with van der Waals surface area (Å²) in [6, 6.07) is 9.90. The number of amides is 1. The molecule has 1 aromatic carbocycles. The van der Waals surface area contributed by atoms with Gasteiger partial charge in [-0.2, -0.15) is 0 Å². The third kappa shape index (κ3) is 3.59. The quantitative estimate of drug-likeness (QED) is 0.929. The number of carbonyl (C=O) groups is 2. The van der Waals surface area contributed by atoms with Crippen molar-refractivity contribution in [1.82, 2.24) is 5.32 Å². The first-order valence-electron chi connectivity index (χ1n) is 7.28. The van der Waals surface area contributed by atoms with Crippen molar-refractivity contribution >= 4 is 23.0 Å². The van der Waals surface area contributed by atoms with Crippen molar-refractivity contribution in [2.45, 2.75) is 37.7 Å². The minimum absolute atomic E-state index is 0.188. The molecule has 2 aliphatic rings. The summed E-state index contributed by atoms with van der Waals surface area (Å²) in [5.74, 6) is 1.07. The lowest BCUT2D eigenvalue weighted by Crippen LogP contribution is -2.30. The van der Waals surface area contributed by atoms with E-state index in [1.165, 1.54) is 11.8 Å². The smallest absolute Gasteiger partial charge is 0.407 e. The summed E-state index contributed by atoms with van der Waals surface area (Å²) in [6.45, 7) is 1.92. The zero-order valence-electron chi connectivity index (χ0n) is 12.0. The van der Waals surface area contributed by atoms with Crippen molar-refractivity contribution in [2.75, 3.05) is 0 Å². The number of hydrogen-bond acceptors (Lipinski definition) is 4. The number of fused-ring (bicyclic) bond motifs is 1. The van der Waals surface area contributed by atoms with Crippen LogP contribution in [-0.4, -0.2) is 22.5 Å². The molecule has 0 radical (unpaired) electrons. The second-order valence-corrected chi connectivity index (χ2v) is 7.24. The molecule has 1 amide bonds. The molecular weight excluding hydrogens is 286 g/mol. The van der Waals surface area contributed by atoms with Gasteiger partial charge >= 0.3 is 6.09 Å². The highest BCUT2D eigenvalue weighted by atomic mass is 32.2. The Labute approximate surface area is 128 Å². The minimum atomic E-state index is -0.339. The van der Waals surface area contributed by atoms with Crippen LogP contribution in [0.3, 0.4) is 0 Å². The fourth-order valence-corrected chi connectivity index (χ4v) is 4.34. The van der Waals surface area contributed by atoms with Gasteiger partial charge in [0.05, 0.1) is 0 Å². The molecule has 3 rings (SSSR count). The molecule has 5 heteroatoms. The minimum Gasteiger partial charge on any atom is -0.445 e. The topological polar surface area (TPSA) is 55.4 Å². The van der Waals surface area contributed by atoms with Gasteiger partial charge in [-0.3, -0.25) is 4.79 Å². The third-order valence-corrected chi connectivity index (χ3v) is 5.28. The van der Waals surface area contributed by atoms with Crippen LogP contribution >= 0.6 is 11.8 Å². The molecule has 2 unspecified atom stereocenters. The van der Waals surface area contributed by atoms with E-state index in [2.05, 4.69) is 5.32 Å². The molecule has 0 aromatic heterocycles. The number of rotatable bonds is 4. The molecule has 4 nitrogen and oxygen atoms in total. The van der Waals surface area contributed by atoms with Crippen LogP contribution in [0.2, 0.25) is 0 Å². The fraction of sp³-hybridized carbons (Fsp3) is 0.500. The Kier molecular flexibility index (Phi) is 4.19. The Balaban J connectivity index is 1.38. The zero-order chi connectivity index (χ0) is 14.8. The second-order valence-electron chi connectivity index (χ2n) is 5.76. The number of thioether (sulfide) groups is 1. The van der Waals surface area contributed by atoms with E-state index >= 15 is 0 Å². The molecule has 1 N–H and O–H groups in total. The predicted octanol–water partition coefficient (Wildman–Crippen LogP) is 2.97. The maximum atomic E-state index is 11.8. The van der Waals surface area contributed by atoms with E-state index in [0.29, 0.717) is 23.7 Å². The molecular formula is C16H19NO3S. The lowest BCUT2D eigenvalue weighted by atomic mass is 10.2. The predicted molar refractivity (Wildman–Crippen MR) is 81.8 cm³/mol. The van der Waals surface area contributed by atoms with Crippen LogP contribution in [0.25, 0.3) is 0 Å². The average Bonchev–Trinajstić information content (AvgIpc) is 2.91. The fourth-order valence-electron chi connectivity index (χ4n) is 3.24. The lowest BCUT2D eigenvalue weighted by Gasteiger charge is -2.13. The highest BCUT2D eigenvalue weighted by Crippen LogP contribution is 2.55. The van der Waals surface area contributed by atoms with Gasteiger partial charge in [0.25, 0.3) is 0 Å². The Hall–Kier alpha value is -1.49. The van der Waals surface area contributed by atoms with E-state index < -0.39 is 0 Å². The number of alkyl carbamates (subject to hydrolysis) is 1. The van der Waals surface area contributed by atoms with E-state index in [9.17, 15) is 9.59 Å². The summed E-state index contributed by atoms with van der Waals surface area (Å²) in [5, 5.41) is 3.57. The molecule has 112 valence electrons. The van der Waals surface area contributed by atoms with Gasteiger partial charge in [-0.15, -0.1) is 0 Å². The summed E-state index contributed by atoms with van der Waals surface area (Å²) in [4.78, 5) is 22.8. The van der Waals surface area contributed by atoms with Crippen molar-refractivity contribution in [2.24, 2.45) is 11.8 Å². The van der Waals surface area contributed by atoms with E-state index in [1.54, 1.807) is 6.92 Å². The molecule has 21 heavy (non-hydrogen) atoms. The Bertz CT molecular complexity index is 522. The Morgan fingerprint density at radius 2 is 1.90 bits per heavy atom. The molecule has 2 fully saturated rings. The molecule has 0 saturated heterocycles. The van der Waals surface area contributed by atoms with Gasteiger partial charge < -0.3 is 10.1 Å². The molecule has 0 heterocycles. The molecule has 2 aliphatic carbocycles. The molecule has 0 spiro atoms. The Morgan fingerprint density at radius 3 is 2.52 bits per heavy atom. The zero-order valence-corrected chi connectivity index (χ0v) is 12.8. The van der Waals surface area contributed by atoms with Gasteiger partial charge in [0, 0.05) is 18.2 Å². The Morgan fingerprint density at radius 1 is 1.24 bits per heavy atom. The number of ether oxygens (including phenoxy) is 1. The maximum absolute atomic E-state index is 11.8. The van der Waals surface area contributed by atoms with E-state index in [-0.39, 0.29) is 17.3 Å². The van der Waals surface area contributed by atoms with Gasteiger partial charge in [-0.1, -0.05) is 42.1 Å². The number of hydrogen-bond donors (Lipinski definition) is 1. The van der Waals surface area contributed by atoms with Crippen LogP contribution in [0, 0.1) is 11.8 Å². The van der Waals surface area contributed by atoms with Gasteiger partial charge in [-0.05, 0) is 30.2 Å². The number of benzene rings is 1. The monoisotopic (exact) mass is 305 g/mol. The van der Waals surface area contributed by atoms with Crippen LogP contribution in [-0.2, 0) is 16.1 Å². The summed E-state index contributed by atoms with van der Waals surface area (Å²) < 4.78 is 5.23. The van der Waals surface area contributed by atoms with Crippen LogP contribution in [0.5, 0.6) is 0 Å². The summed E-state index contributed by atoms with van der Waals surface area (Å²) in [5.41, 5.74) is 0.988. The number of nitrogens with one attached hydrogen (secondary N) is 1. The summed E-state index contributed by atoms with van der Waals surface area (Å²) >= 11 is 1.44. The highest BCUT2D eigenvalue weighted by Gasteiger charge is 2.57. The van der Waals surface area contributed by atoms with Gasteiger partial charge in [0.2, 0.25) is 0 Å². The van der Waals surface area contributed by atoms with Gasteiger partial charge in [0.1, 0.15) is 6.61 Å². The second kappa shape index (κ2) is 6.10. The summed E-state index contributed by atoms with van der Waals surface area (Å²) in [7, 11) is 0. The first-order valence-corrected chi connectivity index (χ1v) is 8.16. The first kappa shape index (κ1) is 14.4. The van der Waals surface area contributed by atoms with Gasteiger partial charge in [-0.25, -0.2) is 4.79 Å². The molecule has 0 bridgehead atoms. The van der Waals surface area contributed by atoms with Gasteiger partial charge in [0.15, 0.2) is 5.12 Å². The van der Waals surface area contributed by atoms with Crippen molar-refractivity contribution in [3.05, 3.63) is 35.9 Å². The molecule has 1 aromatic rings. The van der Waals surface area contributed by atoms with E-state index in [1.807, 2.05) is 30.3 Å². The first-order chi connectivity index (χ1) is 10.1. The van der Waals surface area contributed by atoms with Crippen molar-refractivity contribution in [1.29, 1.82) is 0 Å². The van der Waals surface area contributed by atoms with Crippen LogP contribution in [0.15, 0.2) is 30.3 Å². The van der Waals surface area contributed by atoms with Crippen molar-refractivity contribution in [3.8, 4) is 0 Å². The van der Waals surface area contributed by atoms with Crippen molar-refractivity contribution < 1.29 is 14.3 Å². The number of carbonyl (C=O) groups excluding carboxylic acids is 2. The normalized spacial score (nSPS) is 29.6. The molecule has 0 aliphatic heterocycles. The largest absolute Gasteiger partial charge is 0.445 e. The third-order valence-electron chi connectivity index (χ3n) is 4.23. The summed E-state index contributed by atoms with van der Waals surface area (Å²) in [6.07, 6.45) is 1.71. The van der Waals surface area contributed by atoms with E-state index in [0.717, 1.165) is 18.4 Å². The standard InChI is InChI=1S/C16H19NO3S/c1-10(18)21-12-7-13-14(8-12)15(13)17-16(19)20-9-11-5-3-2-4-6-11/h2-6,12-15H,7-9H2,1H3,(H,17,19)/t12?,13-,14+,15?. The average molecular weight is 305 g/mol. The molecule has 2 saturated carbocycles. The van der Waals surface area contributed by atoms with Crippen LogP contribution in [0.1, 0.15) is 25.3 Å². The highest BCUT2D eigenvalue weighted by molar-refractivity contribution is 8.14. The molecule has 4 atom stereocenters. The maximum Gasteiger partial charge on any atom is 0.407 e. The van der Waals surface area contributed by atoms with Crippen LogP contribution < -0.4 is 5.32 Å².